The average Bonchev–Trinajstić information content (AvgIpc) is 2.32. The molecule has 0 fully saturated rings. The van der Waals surface area contributed by atoms with Crippen molar-refractivity contribution >= 4 is 5.78 Å². The molecule has 1 aromatic carbocycles. The van der Waals surface area contributed by atoms with E-state index in [0.29, 0.717) is 5.56 Å². The molecule has 0 spiro atoms. The van der Waals surface area contributed by atoms with Gasteiger partial charge in [-0.3, -0.25) is 9.78 Å². The van der Waals surface area contributed by atoms with Crippen molar-refractivity contribution < 1.29 is 13.6 Å². The first-order valence-electron chi connectivity index (χ1n) is 5.04. The van der Waals surface area contributed by atoms with Crippen LogP contribution >= 0.6 is 0 Å². The van der Waals surface area contributed by atoms with Crippen molar-refractivity contribution in [1.29, 1.82) is 0 Å². The summed E-state index contributed by atoms with van der Waals surface area (Å²) in [4.78, 5) is 15.3. The first-order valence-corrected chi connectivity index (χ1v) is 5.04. The predicted octanol–water partition coefficient (Wildman–Crippen LogP) is 2.79. The van der Waals surface area contributed by atoms with Gasteiger partial charge in [-0.15, -0.1) is 0 Å². The topological polar surface area (TPSA) is 30.0 Å². The molecule has 0 saturated carbocycles. The van der Waals surface area contributed by atoms with Crippen LogP contribution in [0.3, 0.4) is 0 Å². The Labute approximate surface area is 96.9 Å². The Balaban J connectivity index is 2.20. The van der Waals surface area contributed by atoms with Crippen LogP contribution in [0.4, 0.5) is 8.78 Å². The van der Waals surface area contributed by atoms with Crippen molar-refractivity contribution in [2.75, 3.05) is 0 Å². The molecular formula is C13H9F2NO. The fourth-order valence-electron chi connectivity index (χ4n) is 1.48. The molecule has 0 radical (unpaired) electrons. The molecule has 1 aromatic heterocycles. The number of Topliss-reactive ketones (excluding diaryl/α,β-unsaturated/α-hetero) is 1. The van der Waals surface area contributed by atoms with Crippen LogP contribution in [-0.4, -0.2) is 10.8 Å². The monoisotopic (exact) mass is 233 g/mol. The van der Waals surface area contributed by atoms with Crippen LogP contribution in [0.5, 0.6) is 0 Å². The molecule has 2 nitrogen and oxygen atoms in total. The fourth-order valence-corrected chi connectivity index (χ4v) is 1.48. The standard InChI is InChI=1S/C13H9F2NO/c14-11-5-10(7-16-8-11)13(17)6-9-3-1-2-4-12(9)15/h1-5,7-8H,6H2. The number of nitrogens with zero attached hydrogens (tertiary/aromatic N) is 1. The number of carbonyl (C=O) groups is 1. The highest BCUT2D eigenvalue weighted by molar-refractivity contribution is 5.97. The number of ketones is 1. The number of hydrogen-bond donors (Lipinski definition) is 0. The zero-order chi connectivity index (χ0) is 12.3. The van der Waals surface area contributed by atoms with Gasteiger partial charge in [-0.1, -0.05) is 18.2 Å². The lowest BCUT2D eigenvalue weighted by molar-refractivity contribution is 0.0991. The number of benzene rings is 1. The Hall–Kier alpha value is -2.10. The van der Waals surface area contributed by atoms with Crippen molar-refractivity contribution in [3.8, 4) is 0 Å². The lowest BCUT2D eigenvalue weighted by Gasteiger charge is -2.02. The minimum absolute atomic E-state index is 0.0994. The molecule has 0 unspecified atom stereocenters. The summed E-state index contributed by atoms with van der Waals surface area (Å²) in [5.74, 6) is -1.38. The van der Waals surface area contributed by atoms with E-state index in [4.69, 9.17) is 0 Å². The Kier molecular flexibility index (Phi) is 3.23. The number of hydrogen-bond acceptors (Lipinski definition) is 2. The van der Waals surface area contributed by atoms with Crippen LogP contribution in [0.1, 0.15) is 15.9 Å². The summed E-state index contributed by atoms with van der Waals surface area (Å²) in [6.45, 7) is 0. The van der Waals surface area contributed by atoms with Crippen LogP contribution in [0.25, 0.3) is 0 Å². The van der Waals surface area contributed by atoms with Gasteiger partial charge in [0, 0.05) is 18.2 Å². The van der Waals surface area contributed by atoms with Crippen molar-refractivity contribution in [2.24, 2.45) is 0 Å². The molecule has 0 amide bonds. The Morgan fingerprint density at radius 1 is 1.18 bits per heavy atom. The minimum atomic E-state index is -0.579. The van der Waals surface area contributed by atoms with Gasteiger partial charge in [0.1, 0.15) is 11.6 Å². The van der Waals surface area contributed by atoms with E-state index < -0.39 is 11.6 Å². The van der Waals surface area contributed by atoms with Crippen LogP contribution in [0.2, 0.25) is 0 Å². The second-order valence-electron chi connectivity index (χ2n) is 3.58. The molecular weight excluding hydrogens is 224 g/mol. The van der Waals surface area contributed by atoms with E-state index in [0.717, 1.165) is 12.3 Å². The molecule has 0 aliphatic rings. The number of rotatable bonds is 3. The Bertz CT molecular complexity index is 555. The van der Waals surface area contributed by atoms with E-state index in [2.05, 4.69) is 4.98 Å². The maximum Gasteiger partial charge on any atom is 0.168 e. The Morgan fingerprint density at radius 2 is 1.94 bits per heavy atom. The van der Waals surface area contributed by atoms with Gasteiger partial charge in [0.15, 0.2) is 5.78 Å². The first kappa shape index (κ1) is 11.4. The average molecular weight is 233 g/mol. The molecule has 0 aliphatic carbocycles. The molecule has 0 bridgehead atoms. The molecule has 2 aromatic rings. The largest absolute Gasteiger partial charge is 0.294 e. The lowest BCUT2D eigenvalue weighted by Crippen LogP contribution is -2.06. The fraction of sp³-hybridized carbons (Fsp3) is 0.0769. The van der Waals surface area contributed by atoms with Gasteiger partial charge in [0.2, 0.25) is 0 Å². The summed E-state index contributed by atoms with van der Waals surface area (Å²) in [6, 6.07) is 7.10. The minimum Gasteiger partial charge on any atom is -0.294 e. The van der Waals surface area contributed by atoms with Crippen LogP contribution in [0, 0.1) is 11.6 Å². The van der Waals surface area contributed by atoms with Crippen LogP contribution in [0.15, 0.2) is 42.7 Å². The quantitative estimate of drug-likeness (QED) is 0.763. The zero-order valence-electron chi connectivity index (χ0n) is 8.86. The molecule has 0 aliphatic heterocycles. The SMILES string of the molecule is O=C(Cc1ccccc1F)c1cncc(F)c1. The van der Waals surface area contributed by atoms with Gasteiger partial charge >= 0.3 is 0 Å². The highest BCUT2D eigenvalue weighted by Crippen LogP contribution is 2.11. The van der Waals surface area contributed by atoms with Gasteiger partial charge in [-0.2, -0.15) is 0 Å². The van der Waals surface area contributed by atoms with Crippen molar-refractivity contribution in [3.63, 3.8) is 0 Å². The molecule has 17 heavy (non-hydrogen) atoms. The number of aromatic nitrogens is 1. The molecule has 0 N–H and O–H groups in total. The smallest absolute Gasteiger partial charge is 0.168 e. The molecule has 1 heterocycles. The maximum absolute atomic E-state index is 13.3. The Morgan fingerprint density at radius 3 is 2.65 bits per heavy atom. The molecule has 0 atom stereocenters. The highest BCUT2D eigenvalue weighted by atomic mass is 19.1. The third-order valence-electron chi connectivity index (χ3n) is 2.34. The third-order valence-corrected chi connectivity index (χ3v) is 2.34. The van der Waals surface area contributed by atoms with E-state index in [9.17, 15) is 13.6 Å². The lowest BCUT2D eigenvalue weighted by atomic mass is 10.0. The van der Waals surface area contributed by atoms with Gasteiger partial charge in [-0.05, 0) is 17.7 Å². The molecule has 86 valence electrons. The maximum atomic E-state index is 13.3. The van der Waals surface area contributed by atoms with Crippen LogP contribution < -0.4 is 0 Å². The van der Waals surface area contributed by atoms with Gasteiger partial charge in [-0.25, -0.2) is 8.78 Å². The number of pyridine rings is 1. The first-order chi connectivity index (χ1) is 8.16. The molecule has 0 saturated heterocycles. The number of carbonyl (C=O) groups excluding carboxylic acids is 1. The van der Waals surface area contributed by atoms with E-state index in [1.54, 1.807) is 12.1 Å². The zero-order valence-corrected chi connectivity index (χ0v) is 8.86. The second-order valence-corrected chi connectivity index (χ2v) is 3.58. The normalized spacial score (nSPS) is 10.2. The molecule has 2 rings (SSSR count). The van der Waals surface area contributed by atoms with E-state index in [-0.39, 0.29) is 17.8 Å². The van der Waals surface area contributed by atoms with Gasteiger partial charge < -0.3 is 0 Å². The summed E-state index contributed by atoms with van der Waals surface area (Å²) in [7, 11) is 0. The predicted molar refractivity (Wildman–Crippen MR) is 58.6 cm³/mol. The summed E-state index contributed by atoms with van der Waals surface area (Å²) >= 11 is 0. The second kappa shape index (κ2) is 4.82. The highest BCUT2D eigenvalue weighted by Gasteiger charge is 2.10. The van der Waals surface area contributed by atoms with Gasteiger partial charge in [0.05, 0.1) is 6.20 Å². The van der Waals surface area contributed by atoms with Crippen LogP contribution in [-0.2, 0) is 6.42 Å². The molecule has 4 heteroatoms. The third kappa shape index (κ3) is 2.72. The summed E-state index contributed by atoms with van der Waals surface area (Å²) in [5.41, 5.74) is 0.440. The van der Waals surface area contributed by atoms with E-state index in [1.807, 2.05) is 0 Å². The summed E-state index contributed by atoms with van der Waals surface area (Å²) < 4.78 is 26.2. The summed E-state index contributed by atoms with van der Waals surface area (Å²) in [5, 5.41) is 0. The van der Waals surface area contributed by atoms with Crippen molar-refractivity contribution in [1.82, 2.24) is 4.98 Å². The van der Waals surface area contributed by atoms with Gasteiger partial charge in [0.25, 0.3) is 0 Å². The summed E-state index contributed by atoms with van der Waals surface area (Å²) in [6.07, 6.45) is 2.18. The van der Waals surface area contributed by atoms with Crippen molar-refractivity contribution in [2.45, 2.75) is 6.42 Å². The van der Waals surface area contributed by atoms with E-state index >= 15 is 0 Å². The van der Waals surface area contributed by atoms with E-state index in [1.165, 1.54) is 18.3 Å². The number of halogens is 2. The van der Waals surface area contributed by atoms with Crippen molar-refractivity contribution in [3.05, 3.63) is 65.5 Å².